The lowest BCUT2D eigenvalue weighted by Crippen LogP contribution is -2.10. The van der Waals surface area contributed by atoms with Gasteiger partial charge in [0.25, 0.3) is 0 Å². The highest BCUT2D eigenvalue weighted by molar-refractivity contribution is 5.44. The Bertz CT molecular complexity index is 409. The first-order chi connectivity index (χ1) is 7.81. The Kier molecular flexibility index (Phi) is 3.33. The number of nitrogens with two attached hydrogens (primary N) is 1. The van der Waals surface area contributed by atoms with E-state index in [1.807, 2.05) is 18.2 Å². The quantitative estimate of drug-likeness (QED) is 0.618. The van der Waals surface area contributed by atoms with E-state index in [1.54, 1.807) is 0 Å². The van der Waals surface area contributed by atoms with E-state index in [1.165, 1.54) is 0 Å². The van der Waals surface area contributed by atoms with Gasteiger partial charge >= 0.3 is 0 Å². The Hall–Kier alpha value is -1.66. The molecule has 1 aromatic rings. The first kappa shape index (κ1) is 10.8. The van der Waals surface area contributed by atoms with Gasteiger partial charge in [-0.25, -0.2) is 0 Å². The molecule has 1 unspecified atom stereocenters. The van der Waals surface area contributed by atoms with Crippen LogP contribution in [0.5, 0.6) is 11.5 Å². The minimum Gasteiger partial charge on any atom is -0.493 e. The molecular weight excluding hydrogens is 202 g/mol. The van der Waals surface area contributed by atoms with Crippen LogP contribution in [-0.4, -0.2) is 13.2 Å². The molecule has 0 bridgehead atoms. The molecule has 2 rings (SSSR count). The summed E-state index contributed by atoms with van der Waals surface area (Å²) in [6.07, 6.45) is 6.77. The summed E-state index contributed by atoms with van der Waals surface area (Å²) in [7, 11) is 0. The zero-order valence-electron chi connectivity index (χ0n) is 9.11. The second kappa shape index (κ2) is 4.91. The molecule has 16 heavy (non-hydrogen) atoms. The topological polar surface area (TPSA) is 44.5 Å². The number of benzene rings is 1. The highest BCUT2D eigenvalue weighted by Gasteiger charge is 2.20. The molecule has 84 valence electrons. The van der Waals surface area contributed by atoms with Crippen LogP contribution in [0.3, 0.4) is 0 Å². The summed E-state index contributed by atoms with van der Waals surface area (Å²) in [6.45, 7) is 1.19. The van der Waals surface area contributed by atoms with E-state index in [0.29, 0.717) is 13.2 Å². The fraction of sp³-hybridized carbons (Fsp3) is 0.385. The molecule has 1 aliphatic rings. The summed E-state index contributed by atoms with van der Waals surface area (Å²) in [5.74, 6) is 4.23. The molecule has 0 amide bonds. The van der Waals surface area contributed by atoms with Gasteiger partial charge in [0, 0.05) is 18.1 Å². The highest BCUT2D eigenvalue weighted by Crippen LogP contribution is 2.33. The lowest BCUT2D eigenvalue weighted by atomic mass is 10.1. The van der Waals surface area contributed by atoms with Crippen LogP contribution in [0.4, 0.5) is 0 Å². The largest absolute Gasteiger partial charge is 0.493 e. The Balaban J connectivity index is 1.95. The maximum Gasteiger partial charge on any atom is 0.127 e. The normalized spacial score (nSPS) is 17.4. The molecule has 0 radical (unpaired) electrons. The van der Waals surface area contributed by atoms with Gasteiger partial charge in [0.1, 0.15) is 18.1 Å². The van der Waals surface area contributed by atoms with Crippen molar-refractivity contribution in [2.75, 3.05) is 13.2 Å². The van der Waals surface area contributed by atoms with E-state index < -0.39 is 0 Å². The summed E-state index contributed by atoms with van der Waals surface area (Å²) >= 11 is 0. The van der Waals surface area contributed by atoms with Crippen molar-refractivity contribution in [2.24, 2.45) is 5.73 Å². The molecule has 3 heteroatoms. The van der Waals surface area contributed by atoms with Gasteiger partial charge in [-0.3, -0.25) is 0 Å². The van der Waals surface area contributed by atoms with Crippen LogP contribution in [0.2, 0.25) is 0 Å². The Labute approximate surface area is 95.5 Å². The Morgan fingerprint density at radius 1 is 1.56 bits per heavy atom. The van der Waals surface area contributed by atoms with Crippen molar-refractivity contribution < 1.29 is 9.47 Å². The van der Waals surface area contributed by atoms with E-state index in [9.17, 15) is 0 Å². The van der Waals surface area contributed by atoms with Gasteiger partial charge in [-0.2, -0.15) is 0 Å². The first-order valence-electron chi connectivity index (χ1n) is 5.40. The predicted octanol–water partition coefficient (Wildman–Crippen LogP) is 1.87. The van der Waals surface area contributed by atoms with Gasteiger partial charge in [0.05, 0.1) is 12.6 Å². The van der Waals surface area contributed by atoms with Crippen LogP contribution < -0.4 is 15.2 Å². The van der Waals surface area contributed by atoms with Crippen molar-refractivity contribution in [2.45, 2.75) is 18.9 Å². The van der Waals surface area contributed by atoms with E-state index in [4.69, 9.17) is 21.6 Å². The van der Waals surface area contributed by atoms with Crippen molar-refractivity contribution >= 4 is 0 Å². The molecule has 0 aromatic heterocycles. The van der Waals surface area contributed by atoms with E-state index >= 15 is 0 Å². The number of fused-ring (bicyclic) bond motifs is 1. The zero-order valence-corrected chi connectivity index (χ0v) is 9.11. The van der Waals surface area contributed by atoms with Crippen LogP contribution in [-0.2, 0) is 0 Å². The molecule has 0 spiro atoms. The fourth-order valence-electron chi connectivity index (χ4n) is 1.67. The van der Waals surface area contributed by atoms with Gasteiger partial charge in [0.15, 0.2) is 0 Å². The molecule has 1 aliphatic heterocycles. The number of rotatable bonds is 4. The first-order valence-corrected chi connectivity index (χ1v) is 5.40. The second-order valence-corrected chi connectivity index (χ2v) is 3.77. The van der Waals surface area contributed by atoms with Crippen molar-refractivity contribution in [3.63, 3.8) is 0 Å². The summed E-state index contributed by atoms with van der Waals surface area (Å²) in [4.78, 5) is 0. The molecule has 0 saturated heterocycles. The Morgan fingerprint density at radius 3 is 3.25 bits per heavy atom. The third-order valence-electron chi connectivity index (χ3n) is 2.54. The molecule has 2 N–H and O–H groups in total. The van der Waals surface area contributed by atoms with Crippen LogP contribution in [0.15, 0.2) is 18.2 Å². The van der Waals surface area contributed by atoms with Gasteiger partial charge in [-0.15, -0.1) is 12.3 Å². The van der Waals surface area contributed by atoms with Crippen molar-refractivity contribution in [1.29, 1.82) is 0 Å². The summed E-state index contributed by atoms with van der Waals surface area (Å²) in [5.41, 5.74) is 6.90. The number of hydrogen-bond donors (Lipinski definition) is 1. The van der Waals surface area contributed by atoms with Crippen molar-refractivity contribution in [3.8, 4) is 23.8 Å². The second-order valence-electron chi connectivity index (χ2n) is 3.77. The lowest BCUT2D eigenvalue weighted by molar-refractivity contribution is 0.306. The van der Waals surface area contributed by atoms with E-state index in [2.05, 4.69) is 5.92 Å². The Morgan fingerprint density at radius 2 is 2.44 bits per heavy atom. The molecule has 0 saturated carbocycles. The molecule has 1 aromatic carbocycles. The standard InChI is InChI=1S/C13H15NO2/c1-2-3-4-7-15-10-5-6-11-12(14)9-16-13(11)8-10/h1,5-6,8,12H,3-4,7,9,14H2. The van der Waals surface area contributed by atoms with E-state index in [-0.39, 0.29) is 6.04 Å². The molecule has 1 heterocycles. The average Bonchev–Trinajstić information content (AvgIpc) is 2.66. The van der Waals surface area contributed by atoms with Crippen molar-refractivity contribution in [1.82, 2.24) is 0 Å². The lowest BCUT2D eigenvalue weighted by Gasteiger charge is -2.07. The van der Waals surface area contributed by atoms with Crippen LogP contribution in [0.1, 0.15) is 24.4 Å². The monoisotopic (exact) mass is 217 g/mol. The molecule has 0 fully saturated rings. The van der Waals surface area contributed by atoms with Gasteiger partial charge < -0.3 is 15.2 Å². The summed E-state index contributed by atoms with van der Waals surface area (Å²) in [6, 6.07) is 5.76. The minimum atomic E-state index is -0.00881. The number of ether oxygens (including phenoxy) is 2. The van der Waals surface area contributed by atoms with Crippen LogP contribution in [0, 0.1) is 12.3 Å². The van der Waals surface area contributed by atoms with Gasteiger partial charge in [-0.05, 0) is 18.6 Å². The minimum absolute atomic E-state index is 0.00881. The molecule has 1 atom stereocenters. The average molecular weight is 217 g/mol. The predicted molar refractivity (Wildman–Crippen MR) is 62.4 cm³/mol. The van der Waals surface area contributed by atoms with E-state index in [0.717, 1.165) is 29.9 Å². The number of hydrogen-bond acceptors (Lipinski definition) is 3. The maximum absolute atomic E-state index is 5.85. The molecule has 3 nitrogen and oxygen atoms in total. The summed E-state index contributed by atoms with van der Waals surface area (Å²) < 4.78 is 11.0. The molecule has 0 aliphatic carbocycles. The van der Waals surface area contributed by atoms with Crippen LogP contribution in [0.25, 0.3) is 0 Å². The SMILES string of the molecule is C#CCCCOc1ccc2c(c1)OCC2N. The van der Waals surface area contributed by atoms with Crippen molar-refractivity contribution in [3.05, 3.63) is 23.8 Å². The zero-order chi connectivity index (χ0) is 11.4. The smallest absolute Gasteiger partial charge is 0.127 e. The molecular formula is C13H15NO2. The highest BCUT2D eigenvalue weighted by atomic mass is 16.5. The van der Waals surface area contributed by atoms with Gasteiger partial charge in [-0.1, -0.05) is 0 Å². The third-order valence-corrected chi connectivity index (χ3v) is 2.54. The number of unbranched alkanes of at least 4 members (excludes halogenated alkanes) is 1. The summed E-state index contributed by atoms with van der Waals surface area (Å²) in [5, 5.41) is 0. The maximum atomic E-state index is 5.85. The third kappa shape index (κ3) is 2.29. The number of terminal acetylenes is 1. The fourth-order valence-corrected chi connectivity index (χ4v) is 1.67. The van der Waals surface area contributed by atoms with Crippen LogP contribution >= 0.6 is 0 Å². The van der Waals surface area contributed by atoms with Gasteiger partial charge in [0.2, 0.25) is 0 Å².